The van der Waals surface area contributed by atoms with Gasteiger partial charge in [0.2, 0.25) is 5.89 Å². The van der Waals surface area contributed by atoms with E-state index in [9.17, 15) is 0 Å². The third-order valence-electron chi connectivity index (χ3n) is 4.35. The molecule has 1 N–H and O–H groups in total. The Balaban J connectivity index is 1.85. The predicted octanol–water partition coefficient (Wildman–Crippen LogP) is 1.63. The van der Waals surface area contributed by atoms with E-state index in [1.54, 1.807) is 0 Å². The van der Waals surface area contributed by atoms with Crippen LogP contribution in [0.1, 0.15) is 38.9 Å². The number of piperidine rings is 1. The Hall–Kier alpha value is -0.940. The van der Waals surface area contributed by atoms with Crippen molar-refractivity contribution in [3.63, 3.8) is 0 Å². The highest BCUT2D eigenvalue weighted by Crippen LogP contribution is 2.23. The maximum Gasteiger partial charge on any atom is 0.227 e. The first-order valence-corrected chi connectivity index (χ1v) is 7.38. The van der Waals surface area contributed by atoms with Crippen LogP contribution in [0.3, 0.4) is 0 Å². The third kappa shape index (κ3) is 3.54. The molecule has 0 radical (unpaired) electrons. The molecule has 0 saturated carbocycles. The monoisotopic (exact) mass is 266 g/mol. The summed E-state index contributed by atoms with van der Waals surface area (Å²) >= 11 is 0. The Bertz CT molecular complexity index is 393. The van der Waals surface area contributed by atoms with E-state index in [1.807, 2.05) is 6.92 Å². The van der Waals surface area contributed by atoms with Crippen molar-refractivity contribution in [3.05, 3.63) is 11.7 Å². The average Bonchev–Trinajstić information content (AvgIpc) is 2.80. The van der Waals surface area contributed by atoms with E-state index in [0.717, 1.165) is 37.8 Å². The summed E-state index contributed by atoms with van der Waals surface area (Å²) in [7, 11) is 0. The van der Waals surface area contributed by atoms with Crippen LogP contribution < -0.4 is 5.32 Å². The second-order valence-electron chi connectivity index (χ2n) is 5.57. The van der Waals surface area contributed by atoms with E-state index >= 15 is 0 Å². The molecule has 108 valence electrons. The van der Waals surface area contributed by atoms with Gasteiger partial charge in [0.1, 0.15) is 0 Å². The second kappa shape index (κ2) is 6.48. The van der Waals surface area contributed by atoms with Gasteiger partial charge in [0.15, 0.2) is 5.82 Å². The molecule has 3 unspecified atom stereocenters. The van der Waals surface area contributed by atoms with Crippen molar-refractivity contribution in [2.75, 3.05) is 19.6 Å². The van der Waals surface area contributed by atoms with Crippen LogP contribution in [0.5, 0.6) is 0 Å². The quantitative estimate of drug-likeness (QED) is 0.878. The average molecular weight is 266 g/mol. The van der Waals surface area contributed by atoms with Crippen LogP contribution in [-0.4, -0.2) is 46.8 Å². The van der Waals surface area contributed by atoms with E-state index in [0.29, 0.717) is 18.0 Å². The molecule has 3 atom stereocenters. The van der Waals surface area contributed by atoms with Crippen LogP contribution in [0.25, 0.3) is 0 Å². The number of aromatic nitrogens is 2. The standard InChI is InChI=1S/C14H26N4O/c1-5-15-13-6-8-18(11(3)10(13)2)9-7-14-16-12(4)17-19-14/h10-11,13,15H,5-9H2,1-4H3. The van der Waals surface area contributed by atoms with Gasteiger partial charge in [-0.05, 0) is 39.3 Å². The molecule has 0 amide bonds. The zero-order valence-corrected chi connectivity index (χ0v) is 12.5. The first kappa shape index (κ1) is 14.5. The molecule has 1 aliphatic rings. The highest BCUT2D eigenvalue weighted by Gasteiger charge is 2.31. The van der Waals surface area contributed by atoms with Gasteiger partial charge in [-0.25, -0.2) is 0 Å². The Morgan fingerprint density at radius 1 is 1.42 bits per heavy atom. The Morgan fingerprint density at radius 2 is 2.21 bits per heavy atom. The Kier molecular flexibility index (Phi) is 4.93. The molecular formula is C14H26N4O. The minimum atomic E-state index is 0.599. The molecule has 2 rings (SSSR count). The summed E-state index contributed by atoms with van der Waals surface area (Å²) in [6.07, 6.45) is 2.08. The van der Waals surface area contributed by atoms with Crippen LogP contribution >= 0.6 is 0 Å². The predicted molar refractivity (Wildman–Crippen MR) is 75.0 cm³/mol. The zero-order valence-electron chi connectivity index (χ0n) is 12.5. The molecule has 5 nitrogen and oxygen atoms in total. The van der Waals surface area contributed by atoms with Crippen molar-refractivity contribution in [2.45, 2.75) is 52.6 Å². The van der Waals surface area contributed by atoms with Gasteiger partial charge in [-0.1, -0.05) is 19.0 Å². The number of rotatable bonds is 5. The van der Waals surface area contributed by atoms with E-state index in [2.05, 4.69) is 41.1 Å². The first-order chi connectivity index (χ1) is 9.11. The molecule has 5 heteroatoms. The highest BCUT2D eigenvalue weighted by atomic mass is 16.5. The van der Waals surface area contributed by atoms with Crippen molar-refractivity contribution in [2.24, 2.45) is 5.92 Å². The zero-order chi connectivity index (χ0) is 13.8. The molecule has 0 aromatic carbocycles. The molecule has 19 heavy (non-hydrogen) atoms. The summed E-state index contributed by atoms with van der Waals surface area (Å²) in [6, 6.07) is 1.25. The third-order valence-corrected chi connectivity index (χ3v) is 4.35. The van der Waals surface area contributed by atoms with Gasteiger partial charge >= 0.3 is 0 Å². The molecule has 1 saturated heterocycles. The molecule has 1 aromatic rings. The molecule has 0 spiro atoms. The number of nitrogens with zero attached hydrogens (tertiary/aromatic N) is 3. The molecule has 0 aliphatic carbocycles. The fourth-order valence-electron chi connectivity index (χ4n) is 2.99. The van der Waals surface area contributed by atoms with Gasteiger partial charge in [0.05, 0.1) is 0 Å². The maximum absolute atomic E-state index is 5.18. The maximum atomic E-state index is 5.18. The summed E-state index contributed by atoms with van der Waals surface area (Å²) < 4.78 is 5.18. The molecule has 0 bridgehead atoms. The summed E-state index contributed by atoms with van der Waals surface area (Å²) in [6.45, 7) is 11.9. The molecule has 1 fully saturated rings. The number of likely N-dealkylation sites (tertiary alicyclic amines) is 1. The number of hydrogen-bond donors (Lipinski definition) is 1. The van der Waals surface area contributed by atoms with Crippen molar-refractivity contribution >= 4 is 0 Å². The minimum Gasteiger partial charge on any atom is -0.339 e. The van der Waals surface area contributed by atoms with E-state index in [-0.39, 0.29) is 0 Å². The lowest BCUT2D eigenvalue weighted by molar-refractivity contribution is 0.0846. The SMILES string of the molecule is CCNC1CCN(CCc2nc(C)no2)C(C)C1C. The van der Waals surface area contributed by atoms with Crippen molar-refractivity contribution < 1.29 is 4.52 Å². The van der Waals surface area contributed by atoms with Gasteiger partial charge < -0.3 is 9.84 Å². The molecule has 1 aromatic heterocycles. The van der Waals surface area contributed by atoms with Crippen molar-refractivity contribution in [1.82, 2.24) is 20.4 Å². The Morgan fingerprint density at radius 3 is 2.84 bits per heavy atom. The fraction of sp³-hybridized carbons (Fsp3) is 0.857. The summed E-state index contributed by atoms with van der Waals surface area (Å²) in [5.74, 6) is 2.16. The highest BCUT2D eigenvalue weighted by molar-refractivity contribution is 4.90. The normalized spacial score (nSPS) is 28.7. The topological polar surface area (TPSA) is 54.2 Å². The molecule has 1 aliphatic heterocycles. The molecule has 2 heterocycles. The summed E-state index contributed by atoms with van der Waals surface area (Å²) in [5.41, 5.74) is 0. The lowest BCUT2D eigenvalue weighted by Crippen LogP contribution is -2.53. The smallest absolute Gasteiger partial charge is 0.227 e. The van der Waals surface area contributed by atoms with Crippen LogP contribution in [0.15, 0.2) is 4.52 Å². The van der Waals surface area contributed by atoms with E-state index < -0.39 is 0 Å². The van der Waals surface area contributed by atoms with Crippen molar-refractivity contribution in [1.29, 1.82) is 0 Å². The van der Waals surface area contributed by atoms with Crippen LogP contribution in [0, 0.1) is 12.8 Å². The number of nitrogens with one attached hydrogen (secondary N) is 1. The van der Waals surface area contributed by atoms with E-state index in [1.165, 1.54) is 6.42 Å². The molecular weight excluding hydrogens is 240 g/mol. The van der Waals surface area contributed by atoms with Gasteiger partial charge in [0.25, 0.3) is 0 Å². The Labute approximate surface area is 115 Å². The van der Waals surface area contributed by atoms with E-state index in [4.69, 9.17) is 4.52 Å². The van der Waals surface area contributed by atoms with Crippen LogP contribution in [0.4, 0.5) is 0 Å². The second-order valence-corrected chi connectivity index (χ2v) is 5.57. The first-order valence-electron chi connectivity index (χ1n) is 7.38. The van der Waals surface area contributed by atoms with Crippen molar-refractivity contribution in [3.8, 4) is 0 Å². The summed E-state index contributed by atoms with van der Waals surface area (Å²) in [5, 5.41) is 7.43. The van der Waals surface area contributed by atoms with Crippen LogP contribution in [0.2, 0.25) is 0 Å². The lowest BCUT2D eigenvalue weighted by atomic mass is 9.87. The van der Waals surface area contributed by atoms with Gasteiger partial charge in [-0.3, -0.25) is 4.90 Å². The van der Waals surface area contributed by atoms with Crippen LogP contribution in [-0.2, 0) is 6.42 Å². The van der Waals surface area contributed by atoms with Gasteiger partial charge in [-0.2, -0.15) is 4.98 Å². The number of aryl methyl sites for hydroxylation is 1. The van der Waals surface area contributed by atoms with Gasteiger partial charge in [0, 0.05) is 25.0 Å². The fourth-order valence-corrected chi connectivity index (χ4v) is 2.99. The largest absolute Gasteiger partial charge is 0.339 e. The summed E-state index contributed by atoms with van der Waals surface area (Å²) in [4.78, 5) is 6.81. The van der Waals surface area contributed by atoms with Gasteiger partial charge in [-0.15, -0.1) is 0 Å². The minimum absolute atomic E-state index is 0.599. The lowest BCUT2D eigenvalue weighted by Gasteiger charge is -2.43. The number of hydrogen-bond acceptors (Lipinski definition) is 5.